The van der Waals surface area contributed by atoms with Gasteiger partial charge in [0.15, 0.2) is 12.6 Å². The number of carbonyl (C=O) groups is 1. The van der Waals surface area contributed by atoms with Gasteiger partial charge in [0.1, 0.15) is 54.9 Å². The summed E-state index contributed by atoms with van der Waals surface area (Å²) < 4.78 is 34.2. The number of carbonyl (C=O) groups excluding carboxylic acids is 1. The summed E-state index contributed by atoms with van der Waals surface area (Å²) in [6.45, 7) is 3.53. The van der Waals surface area contributed by atoms with Crippen LogP contribution in [0.4, 0.5) is 0 Å². The van der Waals surface area contributed by atoms with E-state index in [1.165, 1.54) is 77.0 Å². The Bertz CT molecular complexity index is 1200. The van der Waals surface area contributed by atoms with Crippen molar-refractivity contribution in [3.63, 3.8) is 0 Å². The van der Waals surface area contributed by atoms with Crippen molar-refractivity contribution < 1.29 is 69.0 Å². The van der Waals surface area contributed by atoms with Gasteiger partial charge < -0.3 is 64.2 Å². The van der Waals surface area contributed by atoms with Gasteiger partial charge in [-0.1, -0.05) is 159 Å². The van der Waals surface area contributed by atoms with Crippen molar-refractivity contribution in [1.82, 2.24) is 0 Å². The van der Waals surface area contributed by atoms with Gasteiger partial charge in [0.25, 0.3) is 0 Å². The number of allylic oxidation sites excluding steroid dienone is 6. The van der Waals surface area contributed by atoms with Crippen molar-refractivity contribution in [1.29, 1.82) is 0 Å². The zero-order valence-electron chi connectivity index (χ0n) is 39.5. The third kappa shape index (κ3) is 25.9. The third-order valence-electron chi connectivity index (χ3n) is 11.9. The Labute approximate surface area is 385 Å². The van der Waals surface area contributed by atoms with Crippen LogP contribution in [0.5, 0.6) is 0 Å². The number of ether oxygens (including phenoxy) is 6. The highest BCUT2D eigenvalue weighted by Crippen LogP contribution is 2.26. The Morgan fingerprint density at radius 1 is 0.531 bits per heavy atom. The fourth-order valence-electron chi connectivity index (χ4n) is 7.83. The third-order valence-corrected chi connectivity index (χ3v) is 11.9. The summed E-state index contributed by atoms with van der Waals surface area (Å²) in [4.78, 5) is 13.0. The first-order valence-corrected chi connectivity index (χ1v) is 25.1. The van der Waals surface area contributed by atoms with Crippen molar-refractivity contribution >= 4 is 5.97 Å². The lowest BCUT2D eigenvalue weighted by Crippen LogP contribution is -2.61. The van der Waals surface area contributed by atoms with E-state index in [4.69, 9.17) is 28.4 Å². The first-order valence-electron chi connectivity index (χ1n) is 25.1. The minimum atomic E-state index is -1.71. The van der Waals surface area contributed by atoms with E-state index >= 15 is 0 Å². The van der Waals surface area contributed by atoms with Gasteiger partial charge in [-0.3, -0.25) is 4.79 Å². The molecule has 0 bridgehead atoms. The molecule has 2 aliphatic heterocycles. The Kier molecular flexibility index (Phi) is 34.8. The first kappa shape index (κ1) is 58.3. The van der Waals surface area contributed by atoms with Crippen LogP contribution in [-0.4, -0.2) is 142 Å². The lowest BCUT2D eigenvalue weighted by Gasteiger charge is -2.42. The number of esters is 1. The lowest BCUT2D eigenvalue weighted by atomic mass is 9.98. The van der Waals surface area contributed by atoms with Gasteiger partial charge in [-0.05, 0) is 44.9 Å². The predicted octanol–water partition coefficient (Wildman–Crippen LogP) is 7.02. The fraction of sp³-hybridized carbons (Fsp3) is 0.860. The average Bonchev–Trinajstić information content (AvgIpc) is 3.29. The number of rotatable bonds is 39. The second kappa shape index (κ2) is 38.2. The zero-order chi connectivity index (χ0) is 46.6. The van der Waals surface area contributed by atoms with Crippen LogP contribution in [0.2, 0.25) is 0 Å². The molecule has 11 unspecified atom stereocenters. The highest BCUT2D eigenvalue weighted by Gasteiger charge is 2.47. The van der Waals surface area contributed by atoms with Crippen molar-refractivity contribution in [3.8, 4) is 0 Å². The summed E-state index contributed by atoms with van der Waals surface area (Å²) >= 11 is 0. The molecule has 2 rings (SSSR count). The SMILES string of the molecule is CC/C=C\C/C=C\C/C=C\CCCCCCOCC(COC1OC(COC2OC(CO)C(O)C(O)C2O)C(O)C(O)C1O)OC(=O)CCCCCCCCCCCCCCCCCC. The maximum Gasteiger partial charge on any atom is 0.306 e. The molecule has 0 amide bonds. The second-order valence-corrected chi connectivity index (χ2v) is 17.6. The molecule has 2 saturated heterocycles. The molecule has 14 heteroatoms. The number of hydrogen-bond donors (Lipinski definition) is 7. The smallest absolute Gasteiger partial charge is 0.306 e. The Balaban J connectivity index is 1.78. The van der Waals surface area contributed by atoms with Crippen LogP contribution in [-0.2, 0) is 33.2 Å². The summed E-state index contributed by atoms with van der Waals surface area (Å²) in [7, 11) is 0. The molecule has 7 N–H and O–H groups in total. The first-order chi connectivity index (χ1) is 31.1. The van der Waals surface area contributed by atoms with E-state index in [9.17, 15) is 40.5 Å². The van der Waals surface area contributed by atoms with Gasteiger partial charge in [-0.25, -0.2) is 0 Å². The van der Waals surface area contributed by atoms with Gasteiger partial charge in [0.2, 0.25) is 0 Å². The van der Waals surface area contributed by atoms with Crippen molar-refractivity contribution in [2.24, 2.45) is 0 Å². The highest BCUT2D eigenvalue weighted by molar-refractivity contribution is 5.69. The van der Waals surface area contributed by atoms with Crippen molar-refractivity contribution in [2.75, 3.05) is 33.0 Å². The Hall–Kier alpha value is -1.79. The summed E-state index contributed by atoms with van der Waals surface area (Å²) in [6, 6.07) is 0. The largest absolute Gasteiger partial charge is 0.457 e. The monoisotopic (exact) mass is 915 g/mol. The van der Waals surface area contributed by atoms with Crippen molar-refractivity contribution in [2.45, 2.75) is 242 Å². The number of hydrogen-bond acceptors (Lipinski definition) is 14. The van der Waals surface area contributed by atoms with Gasteiger partial charge in [-0.2, -0.15) is 0 Å². The molecule has 0 radical (unpaired) electrons. The topological polar surface area (TPSA) is 214 Å². The molecule has 0 spiro atoms. The van der Waals surface area contributed by atoms with Gasteiger partial charge >= 0.3 is 5.97 Å². The molecule has 0 aromatic carbocycles. The summed E-state index contributed by atoms with van der Waals surface area (Å²) in [5, 5.41) is 72.0. The van der Waals surface area contributed by atoms with E-state index in [0.29, 0.717) is 13.0 Å². The molecule has 64 heavy (non-hydrogen) atoms. The fourth-order valence-corrected chi connectivity index (χ4v) is 7.83. The van der Waals surface area contributed by atoms with Crippen molar-refractivity contribution in [3.05, 3.63) is 36.5 Å². The van der Waals surface area contributed by atoms with Crippen LogP contribution >= 0.6 is 0 Å². The van der Waals surface area contributed by atoms with E-state index in [0.717, 1.165) is 70.6 Å². The van der Waals surface area contributed by atoms with E-state index < -0.39 is 80.7 Å². The summed E-state index contributed by atoms with van der Waals surface area (Å²) in [5.41, 5.74) is 0. The van der Waals surface area contributed by atoms with Crippen LogP contribution < -0.4 is 0 Å². The van der Waals surface area contributed by atoms with Crippen LogP contribution in [0, 0.1) is 0 Å². The minimum Gasteiger partial charge on any atom is -0.457 e. The van der Waals surface area contributed by atoms with Gasteiger partial charge in [0.05, 0.1) is 26.4 Å². The molecule has 0 saturated carbocycles. The van der Waals surface area contributed by atoms with Gasteiger partial charge in [0, 0.05) is 13.0 Å². The Morgan fingerprint density at radius 3 is 1.59 bits per heavy atom. The molecule has 0 aliphatic carbocycles. The normalized spacial score (nSPS) is 27.0. The minimum absolute atomic E-state index is 0.0484. The molecule has 0 aromatic heterocycles. The lowest BCUT2D eigenvalue weighted by molar-refractivity contribution is -0.332. The van der Waals surface area contributed by atoms with E-state index in [2.05, 4.69) is 50.3 Å². The molecule has 2 heterocycles. The number of aliphatic hydroxyl groups is 7. The van der Waals surface area contributed by atoms with Crippen LogP contribution in [0.25, 0.3) is 0 Å². The predicted molar refractivity (Wildman–Crippen MR) is 247 cm³/mol. The molecular formula is C50H90O14. The molecular weight excluding hydrogens is 825 g/mol. The number of unbranched alkanes of at least 4 members (excludes halogenated alkanes) is 19. The maximum absolute atomic E-state index is 13.0. The Morgan fingerprint density at radius 2 is 1.02 bits per heavy atom. The highest BCUT2D eigenvalue weighted by atomic mass is 16.7. The van der Waals surface area contributed by atoms with E-state index in [1.54, 1.807) is 0 Å². The maximum atomic E-state index is 13.0. The quantitative estimate of drug-likeness (QED) is 0.0188. The van der Waals surface area contributed by atoms with Gasteiger partial charge in [-0.15, -0.1) is 0 Å². The molecule has 0 aromatic rings. The molecule has 374 valence electrons. The average molecular weight is 915 g/mol. The van der Waals surface area contributed by atoms with Crippen LogP contribution in [0.3, 0.4) is 0 Å². The molecule has 14 nitrogen and oxygen atoms in total. The molecule has 2 fully saturated rings. The van der Waals surface area contributed by atoms with E-state index in [-0.39, 0.29) is 25.6 Å². The second-order valence-electron chi connectivity index (χ2n) is 17.6. The summed E-state index contributed by atoms with van der Waals surface area (Å²) in [5.74, 6) is -0.384. The van der Waals surface area contributed by atoms with Crippen LogP contribution in [0.15, 0.2) is 36.5 Å². The zero-order valence-corrected chi connectivity index (χ0v) is 39.5. The summed E-state index contributed by atoms with van der Waals surface area (Å²) in [6.07, 6.45) is 24.9. The molecule has 11 atom stereocenters. The van der Waals surface area contributed by atoms with Crippen LogP contribution in [0.1, 0.15) is 174 Å². The number of aliphatic hydroxyl groups excluding tert-OH is 7. The van der Waals surface area contributed by atoms with E-state index in [1.807, 2.05) is 0 Å². The standard InChI is InChI=1S/C50H90O14/c1-3-5-7-9-11-13-15-17-19-20-21-23-25-27-29-31-33-42(52)62-39(36-59-34-32-30-28-26-24-22-18-16-14-12-10-8-6-4-2)37-60-49-48(58)46(56)44(54)41(64-49)38-61-50-47(57)45(55)43(53)40(35-51)63-50/h6,8,12,14,18,22,39-41,43-51,53-58H,3-5,7,9-11,13,15-17,19-21,23-38H2,1-2H3/b8-6-,14-12-,22-18-. The molecule has 2 aliphatic rings.